The maximum absolute atomic E-state index is 4.81. The highest BCUT2D eigenvalue weighted by molar-refractivity contribution is 6.03. The summed E-state index contributed by atoms with van der Waals surface area (Å²) < 4.78 is 0. The second kappa shape index (κ2) is 3.60. The molecule has 14 heavy (non-hydrogen) atoms. The monoisotopic (exact) mass is 190 g/mol. The van der Waals surface area contributed by atoms with E-state index < -0.39 is 0 Å². The molecule has 0 unspecified atom stereocenters. The Kier molecular flexibility index (Phi) is 2.44. The number of nitrogens with zero attached hydrogens (tertiary/aromatic N) is 1. The van der Waals surface area contributed by atoms with Crippen molar-refractivity contribution in [3.8, 4) is 0 Å². The van der Waals surface area contributed by atoms with Gasteiger partial charge in [-0.1, -0.05) is 20.8 Å². The Morgan fingerprint density at radius 1 is 1.57 bits per heavy atom. The number of hydrogen-bond acceptors (Lipinski definition) is 1. The summed E-state index contributed by atoms with van der Waals surface area (Å²) in [6.07, 6.45) is 4.24. The van der Waals surface area contributed by atoms with Gasteiger partial charge < -0.3 is 4.98 Å². The summed E-state index contributed by atoms with van der Waals surface area (Å²) in [6, 6.07) is 2.64. The molecule has 0 bridgehead atoms. The minimum Gasteiger partial charge on any atom is -0.364 e. The van der Waals surface area contributed by atoms with Gasteiger partial charge in [0, 0.05) is 29.6 Å². The van der Waals surface area contributed by atoms with Crippen molar-refractivity contribution in [2.45, 2.75) is 39.7 Å². The Morgan fingerprint density at radius 3 is 3.00 bits per heavy atom. The molecule has 2 rings (SSSR count). The molecule has 1 aromatic heterocycles. The number of aromatic nitrogens is 1. The molecule has 0 aromatic carbocycles. The molecule has 1 aliphatic heterocycles. The Morgan fingerprint density at radius 2 is 2.36 bits per heavy atom. The van der Waals surface area contributed by atoms with Crippen LogP contribution in [0.5, 0.6) is 0 Å². The van der Waals surface area contributed by atoms with Gasteiger partial charge in [0.15, 0.2) is 0 Å². The Labute approximate surface area is 85.4 Å². The number of hydrogen-bond donors (Lipinski definition) is 1. The van der Waals surface area contributed by atoms with E-state index >= 15 is 0 Å². The lowest BCUT2D eigenvalue weighted by Gasteiger charge is -2.22. The first-order valence-corrected chi connectivity index (χ1v) is 5.46. The van der Waals surface area contributed by atoms with Crippen LogP contribution >= 0.6 is 0 Å². The lowest BCUT2D eigenvalue weighted by atomic mass is 9.93. The van der Waals surface area contributed by atoms with E-state index in [0.717, 1.165) is 12.8 Å². The molecule has 0 amide bonds. The van der Waals surface area contributed by atoms with E-state index in [-0.39, 0.29) is 0 Å². The Hall–Kier alpha value is -1.05. The summed E-state index contributed by atoms with van der Waals surface area (Å²) in [5, 5.41) is 0. The third-order valence-corrected chi connectivity index (χ3v) is 2.89. The number of aliphatic imine (C=N–C) groups is 1. The molecule has 0 aliphatic carbocycles. The first kappa shape index (κ1) is 9.50. The zero-order chi connectivity index (χ0) is 10.1. The first-order valence-electron chi connectivity index (χ1n) is 5.46. The molecular formula is C12H18N2. The maximum atomic E-state index is 4.81. The topological polar surface area (TPSA) is 28.1 Å². The van der Waals surface area contributed by atoms with Gasteiger partial charge in [0.25, 0.3) is 0 Å². The summed E-state index contributed by atoms with van der Waals surface area (Å²) in [5.41, 5.74) is 3.99. The average Bonchev–Trinajstić information content (AvgIpc) is 2.63. The summed E-state index contributed by atoms with van der Waals surface area (Å²) in [7, 11) is 0. The normalized spacial score (nSPS) is 20.9. The number of fused-ring (bicyclic) bond motifs is 1. The molecule has 2 heterocycles. The number of aromatic amines is 1. The van der Waals surface area contributed by atoms with Crippen LogP contribution in [0.15, 0.2) is 17.3 Å². The fourth-order valence-corrected chi connectivity index (χ4v) is 2.06. The summed E-state index contributed by atoms with van der Waals surface area (Å²) in [4.78, 5) is 8.14. The fraction of sp³-hybridized carbons (Fsp3) is 0.583. The van der Waals surface area contributed by atoms with Crippen LogP contribution in [-0.4, -0.2) is 16.7 Å². The highest BCUT2D eigenvalue weighted by Crippen LogP contribution is 2.23. The summed E-state index contributed by atoms with van der Waals surface area (Å²) in [6.45, 7) is 6.64. The zero-order valence-electron chi connectivity index (χ0n) is 9.17. The molecule has 0 radical (unpaired) electrons. The van der Waals surface area contributed by atoms with Crippen LogP contribution in [0.1, 0.15) is 38.4 Å². The average molecular weight is 190 g/mol. The van der Waals surface area contributed by atoms with Gasteiger partial charge >= 0.3 is 0 Å². The van der Waals surface area contributed by atoms with Crippen molar-refractivity contribution in [2.75, 3.05) is 0 Å². The predicted molar refractivity (Wildman–Crippen MR) is 60.0 cm³/mol. The lowest BCUT2D eigenvalue weighted by Crippen LogP contribution is -2.23. The fourth-order valence-electron chi connectivity index (χ4n) is 2.06. The van der Waals surface area contributed by atoms with Gasteiger partial charge in [-0.15, -0.1) is 0 Å². The van der Waals surface area contributed by atoms with E-state index in [9.17, 15) is 0 Å². The van der Waals surface area contributed by atoms with Crippen LogP contribution in [0.2, 0.25) is 0 Å². The SMILES string of the molecule is CC[C@H]1Cc2[nH]ccc2C(C(C)C)=N1. The molecule has 0 fully saturated rings. The highest BCUT2D eigenvalue weighted by atomic mass is 14.8. The van der Waals surface area contributed by atoms with Crippen molar-refractivity contribution >= 4 is 5.71 Å². The molecule has 76 valence electrons. The minimum absolute atomic E-state index is 0.485. The van der Waals surface area contributed by atoms with Crippen molar-refractivity contribution in [3.63, 3.8) is 0 Å². The van der Waals surface area contributed by atoms with Crippen LogP contribution in [0.3, 0.4) is 0 Å². The van der Waals surface area contributed by atoms with Gasteiger partial charge in [-0.3, -0.25) is 4.99 Å². The summed E-state index contributed by atoms with van der Waals surface area (Å²) in [5.74, 6) is 0.527. The maximum Gasteiger partial charge on any atom is 0.0555 e. The zero-order valence-corrected chi connectivity index (χ0v) is 9.17. The van der Waals surface area contributed by atoms with Gasteiger partial charge in [0.2, 0.25) is 0 Å². The van der Waals surface area contributed by atoms with E-state index in [1.165, 1.54) is 17.0 Å². The van der Waals surface area contributed by atoms with Crippen LogP contribution in [0.25, 0.3) is 0 Å². The molecule has 1 N–H and O–H groups in total. The molecule has 2 heteroatoms. The van der Waals surface area contributed by atoms with Crippen LogP contribution in [0, 0.1) is 5.92 Å². The molecule has 0 saturated carbocycles. The van der Waals surface area contributed by atoms with Gasteiger partial charge in [-0.05, 0) is 18.4 Å². The Bertz CT molecular complexity index is 347. The Balaban J connectivity index is 2.40. The molecule has 2 nitrogen and oxygen atoms in total. The number of nitrogens with one attached hydrogen (secondary N) is 1. The largest absolute Gasteiger partial charge is 0.364 e. The van der Waals surface area contributed by atoms with Gasteiger partial charge in [-0.25, -0.2) is 0 Å². The molecular weight excluding hydrogens is 172 g/mol. The first-order chi connectivity index (χ1) is 6.72. The lowest BCUT2D eigenvalue weighted by molar-refractivity contribution is 0.623. The molecule has 0 saturated heterocycles. The van der Waals surface area contributed by atoms with E-state index in [0.29, 0.717) is 12.0 Å². The predicted octanol–water partition coefficient (Wildman–Crippen LogP) is 2.79. The molecule has 0 spiro atoms. The van der Waals surface area contributed by atoms with Crippen molar-refractivity contribution < 1.29 is 0 Å². The smallest absolute Gasteiger partial charge is 0.0555 e. The third-order valence-electron chi connectivity index (χ3n) is 2.89. The van der Waals surface area contributed by atoms with Crippen molar-refractivity contribution in [1.29, 1.82) is 0 Å². The second-order valence-corrected chi connectivity index (χ2v) is 4.31. The third kappa shape index (κ3) is 1.49. The molecule has 1 atom stereocenters. The number of H-pyrrole nitrogens is 1. The van der Waals surface area contributed by atoms with E-state index in [4.69, 9.17) is 4.99 Å². The quantitative estimate of drug-likeness (QED) is 0.743. The second-order valence-electron chi connectivity index (χ2n) is 4.31. The van der Waals surface area contributed by atoms with Crippen molar-refractivity contribution in [1.82, 2.24) is 4.98 Å². The molecule has 1 aliphatic rings. The van der Waals surface area contributed by atoms with E-state index in [1.807, 2.05) is 6.20 Å². The van der Waals surface area contributed by atoms with Crippen LogP contribution < -0.4 is 0 Å². The standard InChI is InChI=1S/C12H18N2/c1-4-9-7-11-10(5-6-13-11)12(14-9)8(2)3/h5-6,8-9,13H,4,7H2,1-3H3/t9-/m0/s1. The van der Waals surface area contributed by atoms with Crippen LogP contribution in [-0.2, 0) is 6.42 Å². The van der Waals surface area contributed by atoms with Crippen molar-refractivity contribution in [2.24, 2.45) is 10.9 Å². The minimum atomic E-state index is 0.485. The summed E-state index contributed by atoms with van der Waals surface area (Å²) >= 11 is 0. The van der Waals surface area contributed by atoms with E-state index in [2.05, 4.69) is 31.8 Å². The van der Waals surface area contributed by atoms with Crippen LogP contribution in [0.4, 0.5) is 0 Å². The molecule has 1 aromatic rings. The highest BCUT2D eigenvalue weighted by Gasteiger charge is 2.22. The van der Waals surface area contributed by atoms with Gasteiger partial charge in [-0.2, -0.15) is 0 Å². The van der Waals surface area contributed by atoms with Gasteiger partial charge in [0.05, 0.1) is 6.04 Å². The van der Waals surface area contributed by atoms with E-state index in [1.54, 1.807) is 0 Å². The van der Waals surface area contributed by atoms with Crippen molar-refractivity contribution in [3.05, 3.63) is 23.5 Å². The van der Waals surface area contributed by atoms with Gasteiger partial charge in [0.1, 0.15) is 0 Å². The number of rotatable bonds is 2.